The van der Waals surface area contributed by atoms with E-state index >= 15 is 0 Å². The summed E-state index contributed by atoms with van der Waals surface area (Å²) in [6.45, 7) is 3.73. The van der Waals surface area contributed by atoms with Gasteiger partial charge in [0.15, 0.2) is 5.78 Å². The second kappa shape index (κ2) is 8.00. The molecular weight excluding hydrogens is 340 g/mol. The van der Waals surface area contributed by atoms with E-state index < -0.39 is 5.56 Å². The Balaban J connectivity index is 2.52. The number of Topliss-reactive ketones (excluding diaryl/α,β-unsaturated/α-hetero) is 1. The Morgan fingerprint density at radius 3 is 2.52 bits per heavy atom. The normalized spacial score (nSPS) is 10.5. The first-order chi connectivity index (χ1) is 11.9. The molecule has 0 saturated carbocycles. The summed E-state index contributed by atoms with van der Waals surface area (Å²) in [5, 5.41) is 20.4. The predicted octanol–water partition coefficient (Wildman–Crippen LogP) is 3.61. The second-order valence-electron chi connectivity index (χ2n) is 5.85. The van der Waals surface area contributed by atoms with E-state index in [0.717, 1.165) is 16.6 Å². The molecule has 25 heavy (non-hydrogen) atoms. The van der Waals surface area contributed by atoms with Crippen LogP contribution in [-0.2, 0) is 13.0 Å². The van der Waals surface area contributed by atoms with Gasteiger partial charge in [0, 0.05) is 18.0 Å². The Morgan fingerprint density at radius 2 is 1.96 bits per heavy atom. The molecule has 1 N–H and O–H groups in total. The van der Waals surface area contributed by atoms with Gasteiger partial charge in [0.25, 0.3) is 5.56 Å². The monoisotopic (exact) mass is 358 g/mol. The molecule has 6 heteroatoms. The maximum Gasteiger partial charge on any atom is 0.271 e. The van der Waals surface area contributed by atoms with Crippen molar-refractivity contribution in [2.45, 2.75) is 39.7 Å². The highest BCUT2D eigenvalue weighted by molar-refractivity contribution is 6.30. The van der Waals surface area contributed by atoms with E-state index in [4.69, 9.17) is 11.6 Å². The summed E-state index contributed by atoms with van der Waals surface area (Å²) in [4.78, 5) is 25.1. The molecule has 0 spiro atoms. The molecule has 2 rings (SSSR count). The first-order valence-electron chi connectivity index (χ1n) is 8.04. The summed E-state index contributed by atoms with van der Waals surface area (Å²) in [5.74, 6) is -0.715. The molecule has 1 heterocycles. The molecule has 1 aromatic heterocycles. The zero-order chi connectivity index (χ0) is 18.6. The van der Waals surface area contributed by atoms with Crippen molar-refractivity contribution >= 4 is 17.4 Å². The first-order valence-corrected chi connectivity index (χ1v) is 8.42. The molecule has 0 saturated heterocycles. The zero-order valence-corrected chi connectivity index (χ0v) is 14.9. The SMILES string of the molecule is CCCCn1c(O)c(C(=O)Cc2ccc(Cl)cc2)c(C)c(C#N)c1=O. The van der Waals surface area contributed by atoms with Crippen molar-refractivity contribution in [1.82, 2.24) is 4.57 Å². The molecule has 5 nitrogen and oxygen atoms in total. The minimum atomic E-state index is -0.561. The van der Waals surface area contributed by atoms with Gasteiger partial charge < -0.3 is 5.11 Å². The lowest BCUT2D eigenvalue weighted by atomic mass is 9.97. The maximum absolute atomic E-state index is 12.7. The van der Waals surface area contributed by atoms with E-state index in [0.29, 0.717) is 11.4 Å². The lowest BCUT2D eigenvalue weighted by Crippen LogP contribution is -2.27. The minimum Gasteiger partial charge on any atom is -0.494 e. The van der Waals surface area contributed by atoms with Crippen molar-refractivity contribution in [3.63, 3.8) is 0 Å². The lowest BCUT2D eigenvalue weighted by molar-refractivity contribution is 0.0988. The van der Waals surface area contributed by atoms with Gasteiger partial charge in [0.05, 0.1) is 5.56 Å². The van der Waals surface area contributed by atoms with Crippen LogP contribution in [0.2, 0.25) is 5.02 Å². The maximum atomic E-state index is 12.7. The average molecular weight is 359 g/mol. The van der Waals surface area contributed by atoms with Crippen molar-refractivity contribution < 1.29 is 9.90 Å². The molecule has 0 radical (unpaired) electrons. The summed E-state index contributed by atoms with van der Waals surface area (Å²) in [5.41, 5.74) is 0.319. The van der Waals surface area contributed by atoms with Crippen LogP contribution in [0.4, 0.5) is 0 Å². The van der Waals surface area contributed by atoms with Crippen LogP contribution < -0.4 is 5.56 Å². The first kappa shape index (κ1) is 18.8. The predicted molar refractivity (Wildman–Crippen MR) is 96.2 cm³/mol. The van der Waals surface area contributed by atoms with Crippen LogP contribution in [0, 0.1) is 18.3 Å². The molecule has 130 valence electrons. The molecule has 0 bridgehead atoms. The molecule has 1 aromatic carbocycles. The number of halogens is 1. The third-order valence-corrected chi connectivity index (χ3v) is 4.34. The minimum absolute atomic E-state index is 0.0298. The topological polar surface area (TPSA) is 83.1 Å². The van der Waals surface area contributed by atoms with E-state index in [1.807, 2.05) is 13.0 Å². The second-order valence-corrected chi connectivity index (χ2v) is 6.28. The van der Waals surface area contributed by atoms with E-state index in [1.165, 1.54) is 6.92 Å². The van der Waals surface area contributed by atoms with Crippen molar-refractivity contribution in [2.24, 2.45) is 0 Å². The summed E-state index contributed by atoms with van der Waals surface area (Å²) in [6.07, 6.45) is 1.52. The van der Waals surface area contributed by atoms with Crippen molar-refractivity contribution in [1.29, 1.82) is 5.26 Å². The third kappa shape index (κ3) is 3.92. The Kier molecular flexibility index (Phi) is 6.00. The fourth-order valence-corrected chi connectivity index (χ4v) is 2.81. The molecule has 0 atom stereocenters. The fourth-order valence-electron chi connectivity index (χ4n) is 2.68. The Labute approximate surface area is 151 Å². The lowest BCUT2D eigenvalue weighted by Gasteiger charge is -2.15. The van der Waals surface area contributed by atoms with Gasteiger partial charge in [-0.25, -0.2) is 0 Å². The third-order valence-electron chi connectivity index (χ3n) is 4.09. The highest BCUT2D eigenvalue weighted by Crippen LogP contribution is 2.24. The van der Waals surface area contributed by atoms with Gasteiger partial charge in [-0.15, -0.1) is 0 Å². The van der Waals surface area contributed by atoms with Gasteiger partial charge in [0.2, 0.25) is 5.88 Å². The quantitative estimate of drug-likeness (QED) is 0.799. The zero-order valence-electron chi connectivity index (χ0n) is 14.2. The fraction of sp³-hybridized carbons (Fsp3) is 0.316. The van der Waals surface area contributed by atoms with Crippen LogP contribution in [0.3, 0.4) is 0 Å². The average Bonchev–Trinajstić information content (AvgIpc) is 2.57. The number of nitrogens with zero attached hydrogens (tertiary/aromatic N) is 2. The van der Waals surface area contributed by atoms with Crippen LogP contribution in [-0.4, -0.2) is 15.5 Å². The Hall–Kier alpha value is -2.58. The van der Waals surface area contributed by atoms with Gasteiger partial charge in [-0.3, -0.25) is 14.2 Å². The van der Waals surface area contributed by atoms with Crippen molar-refractivity contribution in [2.75, 3.05) is 0 Å². The summed E-state index contributed by atoms with van der Waals surface area (Å²) >= 11 is 5.84. The van der Waals surface area contributed by atoms with E-state index in [2.05, 4.69) is 0 Å². The number of carbonyl (C=O) groups is 1. The van der Waals surface area contributed by atoms with Gasteiger partial charge in [0.1, 0.15) is 11.6 Å². The summed E-state index contributed by atoms with van der Waals surface area (Å²) in [6, 6.07) is 8.67. The number of carbonyl (C=O) groups excluding carboxylic acids is 1. The standard InChI is InChI=1S/C19H19ClN2O3/c1-3-4-9-22-18(24)15(11-21)12(2)17(19(22)25)16(23)10-13-5-7-14(20)8-6-13/h5-8,25H,3-4,9-10H2,1-2H3. The largest absolute Gasteiger partial charge is 0.494 e. The number of rotatable bonds is 6. The number of pyridine rings is 1. The molecule has 0 amide bonds. The number of aromatic hydroxyl groups is 1. The van der Waals surface area contributed by atoms with Gasteiger partial charge in [-0.2, -0.15) is 5.26 Å². The van der Waals surface area contributed by atoms with Crippen LogP contribution >= 0.6 is 11.6 Å². The van der Waals surface area contributed by atoms with Crippen LogP contribution in [0.1, 0.15) is 46.8 Å². The highest BCUT2D eigenvalue weighted by atomic mass is 35.5. The van der Waals surface area contributed by atoms with Gasteiger partial charge in [-0.1, -0.05) is 37.1 Å². The molecule has 0 fully saturated rings. The van der Waals surface area contributed by atoms with E-state index in [-0.39, 0.29) is 41.3 Å². The highest BCUT2D eigenvalue weighted by Gasteiger charge is 2.23. The van der Waals surface area contributed by atoms with Crippen LogP contribution in [0.15, 0.2) is 29.1 Å². The Bertz CT molecular complexity index is 893. The Morgan fingerprint density at radius 1 is 1.32 bits per heavy atom. The number of aromatic nitrogens is 1. The van der Waals surface area contributed by atoms with Gasteiger partial charge >= 0.3 is 0 Å². The number of nitriles is 1. The van der Waals surface area contributed by atoms with Crippen LogP contribution in [0.25, 0.3) is 0 Å². The molecule has 0 unspecified atom stereocenters. The molecule has 2 aromatic rings. The molecule has 0 aliphatic heterocycles. The van der Waals surface area contributed by atoms with Crippen molar-refractivity contribution in [3.8, 4) is 11.9 Å². The number of ketones is 1. The molecular formula is C19H19ClN2O3. The molecule has 0 aliphatic rings. The van der Waals surface area contributed by atoms with Crippen LogP contribution in [0.5, 0.6) is 5.88 Å². The number of unbranched alkanes of at least 4 members (excludes halogenated alkanes) is 1. The smallest absolute Gasteiger partial charge is 0.271 e. The number of hydrogen-bond acceptors (Lipinski definition) is 4. The van der Waals surface area contributed by atoms with E-state index in [9.17, 15) is 20.0 Å². The number of benzene rings is 1. The van der Waals surface area contributed by atoms with E-state index in [1.54, 1.807) is 24.3 Å². The number of hydrogen-bond donors (Lipinski definition) is 1. The summed E-state index contributed by atoms with van der Waals surface area (Å²) < 4.78 is 1.12. The molecule has 0 aliphatic carbocycles. The van der Waals surface area contributed by atoms with Crippen molar-refractivity contribution in [3.05, 3.63) is 61.9 Å². The summed E-state index contributed by atoms with van der Waals surface area (Å²) in [7, 11) is 0. The van der Waals surface area contributed by atoms with Gasteiger partial charge in [-0.05, 0) is 36.6 Å².